The first-order valence-electron chi connectivity index (χ1n) is 8.11. The molecule has 3 rings (SSSR count). The number of nitrogens with one attached hydrogen (secondary N) is 1. The summed E-state index contributed by atoms with van der Waals surface area (Å²) in [5.74, 6) is -0.148. The van der Waals surface area contributed by atoms with E-state index in [9.17, 15) is 13.6 Å². The number of aromatic amines is 1. The van der Waals surface area contributed by atoms with Crippen molar-refractivity contribution in [2.45, 2.75) is 13.2 Å². The third kappa shape index (κ3) is 4.40. The lowest BCUT2D eigenvalue weighted by Crippen LogP contribution is -2.28. The predicted octanol–water partition coefficient (Wildman–Crippen LogP) is 4.41. The van der Waals surface area contributed by atoms with Crippen molar-refractivity contribution in [3.63, 3.8) is 0 Å². The third-order valence-corrected chi connectivity index (χ3v) is 4.23. The van der Waals surface area contributed by atoms with Crippen LogP contribution in [-0.2, 0) is 6.54 Å². The van der Waals surface area contributed by atoms with Gasteiger partial charge in [0.2, 0.25) is 0 Å². The fraction of sp³-hybridized carbons (Fsp3) is 0.158. The second-order valence-electron chi connectivity index (χ2n) is 5.83. The zero-order chi connectivity index (χ0) is 19.4. The van der Waals surface area contributed by atoms with Crippen molar-refractivity contribution in [3.8, 4) is 11.4 Å². The van der Waals surface area contributed by atoms with Gasteiger partial charge in [-0.25, -0.2) is 0 Å². The van der Waals surface area contributed by atoms with Gasteiger partial charge in [-0.2, -0.15) is 8.78 Å². The molecule has 5 nitrogen and oxygen atoms in total. The van der Waals surface area contributed by atoms with E-state index < -0.39 is 6.61 Å². The molecule has 0 saturated heterocycles. The maximum Gasteiger partial charge on any atom is 0.387 e. The van der Waals surface area contributed by atoms with Gasteiger partial charge in [0.05, 0.1) is 0 Å². The SMILES string of the molecule is CN(Cc1ccc(OC(F)F)cc1)C(=O)c1c[nH]c(=S)n1-c1ccccc1. The summed E-state index contributed by atoms with van der Waals surface area (Å²) >= 11 is 5.30. The van der Waals surface area contributed by atoms with Gasteiger partial charge in [0, 0.05) is 25.5 Å². The van der Waals surface area contributed by atoms with Crippen LogP contribution in [0.2, 0.25) is 0 Å². The maximum absolute atomic E-state index is 12.9. The average molecular weight is 389 g/mol. The summed E-state index contributed by atoms with van der Waals surface area (Å²) in [6.45, 7) is -2.56. The average Bonchev–Trinajstić information content (AvgIpc) is 3.04. The highest BCUT2D eigenvalue weighted by molar-refractivity contribution is 7.71. The number of hydrogen-bond acceptors (Lipinski definition) is 3. The molecule has 0 bridgehead atoms. The Balaban J connectivity index is 1.78. The number of hydrogen-bond donors (Lipinski definition) is 1. The van der Waals surface area contributed by atoms with Crippen LogP contribution < -0.4 is 4.74 Å². The number of halogens is 2. The minimum atomic E-state index is -2.87. The molecule has 0 aliphatic rings. The van der Waals surface area contributed by atoms with Crippen molar-refractivity contribution < 1.29 is 18.3 Å². The molecule has 8 heteroatoms. The number of aromatic nitrogens is 2. The van der Waals surface area contributed by atoms with Crippen molar-refractivity contribution in [1.82, 2.24) is 14.5 Å². The molecule has 2 aromatic carbocycles. The number of H-pyrrole nitrogens is 1. The van der Waals surface area contributed by atoms with E-state index in [2.05, 4.69) is 9.72 Å². The molecule has 3 aromatic rings. The molecular formula is C19H17F2N3O2S. The molecule has 0 unspecified atom stereocenters. The molecule has 0 spiro atoms. The minimum Gasteiger partial charge on any atom is -0.435 e. The fourth-order valence-electron chi connectivity index (χ4n) is 2.68. The summed E-state index contributed by atoms with van der Waals surface area (Å²) in [5.41, 5.74) is 1.98. The number of benzene rings is 2. The number of carbonyl (C=O) groups is 1. The monoisotopic (exact) mass is 389 g/mol. The van der Waals surface area contributed by atoms with E-state index in [1.165, 1.54) is 17.0 Å². The van der Waals surface area contributed by atoms with Gasteiger partial charge in [0.25, 0.3) is 5.91 Å². The van der Waals surface area contributed by atoms with E-state index in [4.69, 9.17) is 12.2 Å². The van der Waals surface area contributed by atoms with Gasteiger partial charge in [-0.3, -0.25) is 9.36 Å². The molecule has 0 aliphatic heterocycles. The van der Waals surface area contributed by atoms with Crippen LogP contribution in [-0.4, -0.2) is 34.0 Å². The molecule has 0 aliphatic carbocycles. The van der Waals surface area contributed by atoms with Gasteiger partial charge >= 0.3 is 6.61 Å². The van der Waals surface area contributed by atoms with E-state index in [1.807, 2.05) is 30.3 Å². The standard InChI is InChI=1S/C19H17F2N3O2S/c1-23(12-13-7-9-15(10-8-13)26-18(20)21)17(25)16-11-22-19(27)24(16)14-5-3-2-4-6-14/h2-11,18H,12H2,1H3,(H,22,27). The zero-order valence-electron chi connectivity index (χ0n) is 14.4. The van der Waals surface area contributed by atoms with E-state index >= 15 is 0 Å². The highest BCUT2D eigenvalue weighted by Crippen LogP contribution is 2.18. The number of nitrogens with zero attached hydrogens (tertiary/aromatic N) is 2. The Labute approximate surface area is 159 Å². The molecule has 1 N–H and O–H groups in total. The van der Waals surface area contributed by atoms with Gasteiger partial charge in [0.15, 0.2) is 4.77 Å². The smallest absolute Gasteiger partial charge is 0.387 e. The van der Waals surface area contributed by atoms with Crippen molar-refractivity contribution in [3.05, 3.63) is 76.8 Å². The largest absolute Gasteiger partial charge is 0.435 e. The number of ether oxygens (including phenoxy) is 1. The van der Waals surface area contributed by atoms with Crippen LogP contribution >= 0.6 is 12.2 Å². The van der Waals surface area contributed by atoms with Crippen LogP contribution in [0.3, 0.4) is 0 Å². The number of rotatable bonds is 6. The molecule has 1 aromatic heterocycles. The molecule has 0 fully saturated rings. The number of imidazole rings is 1. The van der Waals surface area contributed by atoms with E-state index in [0.717, 1.165) is 11.3 Å². The number of amides is 1. The molecule has 140 valence electrons. The molecular weight excluding hydrogens is 372 g/mol. The van der Waals surface area contributed by atoms with Crippen LogP contribution in [0.4, 0.5) is 8.78 Å². The Hall–Kier alpha value is -3.00. The lowest BCUT2D eigenvalue weighted by Gasteiger charge is -2.18. The lowest BCUT2D eigenvalue weighted by atomic mass is 10.2. The van der Waals surface area contributed by atoms with Crippen LogP contribution in [0.1, 0.15) is 16.1 Å². The Kier molecular flexibility index (Phi) is 5.66. The van der Waals surface area contributed by atoms with Crippen LogP contribution in [0, 0.1) is 4.77 Å². The van der Waals surface area contributed by atoms with E-state index in [1.54, 1.807) is 29.9 Å². The summed E-state index contributed by atoms with van der Waals surface area (Å²) in [6, 6.07) is 15.5. The highest BCUT2D eigenvalue weighted by atomic mass is 32.1. The van der Waals surface area contributed by atoms with Gasteiger partial charge < -0.3 is 14.6 Å². The molecule has 27 heavy (non-hydrogen) atoms. The molecule has 0 radical (unpaired) electrons. The maximum atomic E-state index is 12.9. The van der Waals surface area contributed by atoms with Gasteiger partial charge in [-0.15, -0.1) is 0 Å². The molecule has 1 amide bonds. The second-order valence-corrected chi connectivity index (χ2v) is 6.22. The Morgan fingerprint density at radius 1 is 1.19 bits per heavy atom. The van der Waals surface area contributed by atoms with Gasteiger partial charge in [-0.1, -0.05) is 30.3 Å². The Morgan fingerprint density at radius 2 is 1.85 bits per heavy atom. The van der Waals surface area contributed by atoms with Crippen molar-refractivity contribution in [1.29, 1.82) is 0 Å². The first-order chi connectivity index (χ1) is 13.0. The molecule has 1 heterocycles. The number of alkyl halides is 2. The zero-order valence-corrected chi connectivity index (χ0v) is 15.2. The van der Waals surface area contributed by atoms with Gasteiger partial charge in [0.1, 0.15) is 11.4 Å². The Bertz CT molecular complexity index is 969. The molecule has 0 saturated carbocycles. The first kappa shape index (κ1) is 18.8. The van der Waals surface area contributed by atoms with Crippen LogP contribution in [0.15, 0.2) is 60.8 Å². The normalized spacial score (nSPS) is 10.8. The lowest BCUT2D eigenvalue weighted by molar-refractivity contribution is -0.0498. The fourth-order valence-corrected chi connectivity index (χ4v) is 2.94. The second kappa shape index (κ2) is 8.13. The highest BCUT2D eigenvalue weighted by Gasteiger charge is 2.18. The Morgan fingerprint density at radius 3 is 2.48 bits per heavy atom. The van der Waals surface area contributed by atoms with Crippen molar-refractivity contribution >= 4 is 18.1 Å². The number of carbonyl (C=O) groups excluding carboxylic acids is 1. The summed E-state index contributed by atoms with van der Waals surface area (Å²) in [6.07, 6.45) is 1.58. The number of para-hydroxylation sites is 1. The molecule has 0 atom stereocenters. The minimum absolute atomic E-state index is 0.0750. The summed E-state index contributed by atoms with van der Waals surface area (Å²) in [7, 11) is 1.66. The summed E-state index contributed by atoms with van der Waals surface area (Å²) in [4.78, 5) is 17.3. The summed E-state index contributed by atoms with van der Waals surface area (Å²) < 4.78 is 30.9. The quantitative estimate of drug-likeness (QED) is 0.636. The van der Waals surface area contributed by atoms with Crippen LogP contribution in [0.5, 0.6) is 5.75 Å². The van der Waals surface area contributed by atoms with Crippen molar-refractivity contribution in [2.75, 3.05) is 7.05 Å². The van der Waals surface area contributed by atoms with Gasteiger partial charge in [-0.05, 0) is 42.0 Å². The van der Waals surface area contributed by atoms with Crippen LogP contribution in [0.25, 0.3) is 5.69 Å². The third-order valence-electron chi connectivity index (χ3n) is 3.92. The predicted molar refractivity (Wildman–Crippen MR) is 99.8 cm³/mol. The summed E-state index contributed by atoms with van der Waals surface area (Å²) in [5, 5.41) is 0. The first-order valence-corrected chi connectivity index (χ1v) is 8.51. The van der Waals surface area contributed by atoms with E-state index in [-0.39, 0.29) is 11.7 Å². The topological polar surface area (TPSA) is 50.3 Å². The van der Waals surface area contributed by atoms with E-state index in [0.29, 0.717) is 17.0 Å². The van der Waals surface area contributed by atoms with Crippen molar-refractivity contribution in [2.24, 2.45) is 0 Å².